The predicted octanol–water partition coefficient (Wildman–Crippen LogP) is -1.30. The molecule has 0 aromatic rings. The molecular formula is C10H18N2O5S. The number of sulfone groups is 1. The molecule has 1 saturated heterocycles. The lowest BCUT2D eigenvalue weighted by Crippen LogP contribution is -2.44. The molecule has 0 aromatic carbocycles. The van der Waals surface area contributed by atoms with Gasteiger partial charge in [0.15, 0.2) is 9.84 Å². The third kappa shape index (κ3) is 4.26. The SMILES string of the molecule is CNCCC(=O)N(CC(=O)O)C1CCS(=O)(=O)C1. The summed E-state index contributed by atoms with van der Waals surface area (Å²) in [5.74, 6) is -1.57. The molecule has 1 aliphatic rings. The molecule has 0 saturated carbocycles. The Balaban J connectivity index is 2.72. The van der Waals surface area contributed by atoms with Crippen LogP contribution in [0.5, 0.6) is 0 Å². The van der Waals surface area contributed by atoms with Crippen molar-refractivity contribution in [2.24, 2.45) is 0 Å². The van der Waals surface area contributed by atoms with Crippen LogP contribution >= 0.6 is 0 Å². The molecule has 8 heteroatoms. The molecule has 0 bridgehead atoms. The molecule has 0 aliphatic carbocycles. The first-order valence-electron chi connectivity index (χ1n) is 5.72. The number of nitrogens with zero attached hydrogens (tertiary/aromatic N) is 1. The summed E-state index contributed by atoms with van der Waals surface area (Å²) in [6.07, 6.45) is 0.487. The second-order valence-corrected chi connectivity index (χ2v) is 6.55. The Kier molecular flexibility index (Phi) is 5.09. The average molecular weight is 278 g/mol. The van der Waals surface area contributed by atoms with Crippen molar-refractivity contribution in [3.8, 4) is 0 Å². The van der Waals surface area contributed by atoms with Gasteiger partial charge in [-0.15, -0.1) is 0 Å². The van der Waals surface area contributed by atoms with Crippen molar-refractivity contribution in [1.29, 1.82) is 0 Å². The highest BCUT2D eigenvalue weighted by molar-refractivity contribution is 7.91. The number of hydrogen-bond donors (Lipinski definition) is 2. The fourth-order valence-electron chi connectivity index (χ4n) is 1.96. The normalized spacial score (nSPS) is 21.7. The van der Waals surface area contributed by atoms with Crippen molar-refractivity contribution in [3.63, 3.8) is 0 Å². The highest BCUT2D eigenvalue weighted by Gasteiger charge is 2.35. The van der Waals surface area contributed by atoms with Gasteiger partial charge in [-0.2, -0.15) is 0 Å². The van der Waals surface area contributed by atoms with E-state index in [-0.39, 0.29) is 23.8 Å². The lowest BCUT2D eigenvalue weighted by Gasteiger charge is -2.26. The molecule has 1 amide bonds. The van der Waals surface area contributed by atoms with E-state index in [2.05, 4.69) is 5.32 Å². The first-order chi connectivity index (χ1) is 8.35. The van der Waals surface area contributed by atoms with Crippen molar-refractivity contribution in [1.82, 2.24) is 10.2 Å². The standard InChI is InChI=1S/C10H18N2O5S/c1-11-4-2-9(13)12(6-10(14)15)8-3-5-18(16,17)7-8/h8,11H,2-7H2,1H3,(H,14,15). The van der Waals surface area contributed by atoms with Gasteiger partial charge in [-0.1, -0.05) is 0 Å². The van der Waals surface area contributed by atoms with Crippen molar-refractivity contribution in [2.45, 2.75) is 18.9 Å². The fraction of sp³-hybridized carbons (Fsp3) is 0.800. The van der Waals surface area contributed by atoms with Gasteiger partial charge in [-0.25, -0.2) is 8.42 Å². The smallest absolute Gasteiger partial charge is 0.323 e. The van der Waals surface area contributed by atoms with E-state index >= 15 is 0 Å². The van der Waals surface area contributed by atoms with Crippen LogP contribution in [-0.2, 0) is 19.4 Å². The van der Waals surface area contributed by atoms with Crippen molar-refractivity contribution in [2.75, 3.05) is 31.6 Å². The highest BCUT2D eigenvalue weighted by atomic mass is 32.2. The number of carboxylic acid groups (broad SMARTS) is 1. The van der Waals surface area contributed by atoms with E-state index in [1.807, 2.05) is 0 Å². The molecular weight excluding hydrogens is 260 g/mol. The van der Waals surface area contributed by atoms with Crippen LogP contribution in [0.3, 0.4) is 0 Å². The minimum Gasteiger partial charge on any atom is -0.480 e. The number of nitrogens with one attached hydrogen (secondary N) is 1. The van der Waals surface area contributed by atoms with Gasteiger partial charge in [0.25, 0.3) is 0 Å². The number of aliphatic carboxylic acids is 1. The first-order valence-corrected chi connectivity index (χ1v) is 7.54. The maximum atomic E-state index is 11.9. The first kappa shape index (κ1) is 14.9. The summed E-state index contributed by atoms with van der Waals surface area (Å²) in [5, 5.41) is 11.6. The van der Waals surface area contributed by atoms with Crippen LogP contribution in [0.2, 0.25) is 0 Å². The number of carbonyl (C=O) groups excluding carboxylic acids is 1. The Labute approximate surface area is 106 Å². The van der Waals surface area contributed by atoms with E-state index in [0.717, 1.165) is 0 Å². The lowest BCUT2D eigenvalue weighted by molar-refractivity contribution is -0.145. The lowest BCUT2D eigenvalue weighted by atomic mass is 10.2. The van der Waals surface area contributed by atoms with E-state index in [0.29, 0.717) is 13.0 Å². The third-order valence-electron chi connectivity index (χ3n) is 2.86. The Hall–Kier alpha value is -1.15. The van der Waals surface area contributed by atoms with E-state index in [1.165, 1.54) is 4.90 Å². The quantitative estimate of drug-likeness (QED) is 0.625. The van der Waals surface area contributed by atoms with Crippen LogP contribution in [-0.4, -0.2) is 68.0 Å². The molecule has 1 fully saturated rings. The molecule has 18 heavy (non-hydrogen) atoms. The topological polar surface area (TPSA) is 104 Å². The molecule has 0 radical (unpaired) electrons. The monoisotopic (exact) mass is 278 g/mol. The van der Waals surface area contributed by atoms with Crippen LogP contribution in [0.4, 0.5) is 0 Å². The minimum atomic E-state index is -3.13. The molecule has 2 N–H and O–H groups in total. The van der Waals surface area contributed by atoms with Gasteiger partial charge < -0.3 is 15.3 Å². The number of carbonyl (C=O) groups is 2. The molecule has 0 spiro atoms. The van der Waals surface area contributed by atoms with Crippen molar-refractivity contribution in [3.05, 3.63) is 0 Å². The number of amides is 1. The van der Waals surface area contributed by atoms with Crippen LogP contribution < -0.4 is 5.32 Å². The second kappa shape index (κ2) is 6.14. The number of rotatable bonds is 6. The van der Waals surface area contributed by atoms with Gasteiger partial charge in [-0.3, -0.25) is 9.59 Å². The molecule has 7 nitrogen and oxygen atoms in total. The van der Waals surface area contributed by atoms with Gasteiger partial charge in [0.2, 0.25) is 5.91 Å². The number of hydrogen-bond acceptors (Lipinski definition) is 5. The van der Waals surface area contributed by atoms with Gasteiger partial charge in [0, 0.05) is 19.0 Å². The molecule has 104 valence electrons. The molecule has 1 atom stereocenters. The van der Waals surface area contributed by atoms with E-state index < -0.39 is 28.4 Å². The van der Waals surface area contributed by atoms with Gasteiger partial charge in [0.05, 0.1) is 11.5 Å². The van der Waals surface area contributed by atoms with Gasteiger partial charge in [0.1, 0.15) is 6.54 Å². The molecule has 1 rings (SSSR count). The maximum Gasteiger partial charge on any atom is 0.323 e. The Morgan fingerprint density at radius 1 is 1.44 bits per heavy atom. The van der Waals surface area contributed by atoms with Crippen molar-refractivity contribution >= 4 is 21.7 Å². The Bertz CT molecular complexity index is 420. The zero-order valence-corrected chi connectivity index (χ0v) is 11.1. The van der Waals surface area contributed by atoms with E-state index in [9.17, 15) is 18.0 Å². The summed E-state index contributed by atoms with van der Waals surface area (Å²) >= 11 is 0. The van der Waals surface area contributed by atoms with E-state index in [4.69, 9.17) is 5.11 Å². The number of carboxylic acids is 1. The van der Waals surface area contributed by atoms with Crippen LogP contribution in [0, 0.1) is 0 Å². The zero-order chi connectivity index (χ0) is 13.8. The van der Waals surface area contributed by atoms with Crippen LogP contribution in [0.25, 0.3) is 0 Å². The summed E-state index contributed by atoms with van der Waals surface area (Å²) in [7, 11) is -1.44. The van der Waals surface area contributed by atoms with Crippen LogP contribution in [0.15, 0.2) is 0 Å². The summed E-state index contributed by atoms with van der Waals surface area (Å²) in [5.41, 5.74) is 0. The summed E-state index contributed by atoms with van der Waals surface area (Å²) in [4.78, 5) is 23.8. The third-order valence-corrected chi connectivity index (χ3v) is 4.61. The van der Waals surface area contributed by atoms with Crippen molar-refractivity contribution < 1.29 is 23.1 Å². The molecule has 1 heterocycles. The highest BCUT2D eigenvalue weighted by Crippen LogP contribution is 2.18. The summed E-state index contributed by atoms with van der Waals surface area (Å²) < 4.78 is 22.7. The molecule has 1 unspecified atom stereocenters. The zero-order valence-electron chi connectivity index (χ0n) is 10.3. The average Bonchev–Trinajstić information content (AvgIpc) is 2.63. The maximum absolute atomic E-state index is 11.9. The van der Waals surface area contributed by atoms with Crippen LogP contribution in [0.1, 0.15) is 12.8 Å². The molecule has 0 aromatic heterocycles. The van der Waals surface area contributed by atoms with Gasteiger partial charge in [-0.05, 0) is 13.5 Å². The predicted molar refractivity (Wildman–Crippen MR) is 65.0 cm³/mol. The molecule has 1 aliphatic heterocycles. The Morgan fingerprint density at radius 2 is 2.11 bits per heavy atom. The van der Waals surface area contributed by atoms with E-state index in [1.54, 1.807) is 7.05 Å². The summed E-state index contributed by atoms with van der Waals surface area (Å²) in [6.45, 7) is -0.00282. The van der Waals surface area contributed by atoms with Gasteiger partial charge >= 0.3 is 5.97 Å². The second-order valence-electron chi connectivity index (χ2n) is 4.33. The largest absolute Gasteiger partial charge is 0.480 e. The Morgan fingerprint density at radius 3 is 2.56 bits per heavy atom. The minimum absolute atomic E-state index is 0.0209. The fourth-order valence-corrected chi connectivity index (χ4v) is 3.69. The summed E-state index contributed by atoms with van der Waals surface area (Å²) in [6, 6.07) is -0.504.